The highest BCUT2D eigenvalue weighted by Crippen LogP contribution is 2.35. The van der Waals surface area contributed by atoms with Crippen molar-refractivity contribution in [2.75, 3.05) is 0 Å². The van der Waals surface area contributed by atoms with E-state index in [-0.39, 0.29) is 5.92 Å². The molecular formula is C8H15NO2. The van der Waals surface area contributed by atoms with Gasteiger partial charge in [0.25, 0.3) is 0 Å². The Morgan fingerprint density at radius 3 is 2.82 bits per heavy atom. The van der Waals surface area contributed by atoms with Gasteiger partial charge in [-0.3, -0.25) is 4.79 Å². The molecule has 0 bridgehead atoms. The van der Waals surface area contributed by atoms with Crippen LogP contribution >= 0.6 is 0 Å². The van der Waals surface area contributed by atoms with Gasteiger partial charge >= 0.3 is 5.97 Å². The van der Waals surface area contributed by atoms with Gasteiger partial charge in [-0.1, -0.05) is 19.8 Å². The van der Waals surface area contributed by atoms with Crippen LogP contribution in [0, 0.1) is 5.92 Å². The molecule has 0 aromatic rings. The molecule has 0 spiro atoms. The first-order chi connectivity index (χ1) is 5.11. The van der Waals surface area contributed by atoms with Gasteiger partial charge < -0.3 is 10.8 Å². The van der Waals surface area contributed by atoms with Gasteiger partial charge in [-0.15, -0.1) is 0 Å². The minimum absolute atomic E-state index is 0.181. The molecule has 1 saturated carbocycles. The fourth-order valence-corrected chi connectivity index (χ4v) is 1.95. The van der Waals surface area contributed by atoms with Crippen LogP contribution in [0.5, 0.6) is 0 Å². The number of aliphatic carboxylic acids is 1. The normalized spacial score (nSPS) is 37.5. The Balaban J connectivity index is 2.75. The number of carbonyl (C=O) groups is 1. The molecule has 0 aromatic heterocycles. The Bertz CT molecular complexity index is 169. The van der Waals surface area contributed by atoms with Crippen molar-refractivity contribution in [1.29, 1.82) is 0 Å². The van der Waals surface area contributed by atoms with Crippen LogP contribution in [0.3, 0.4) is 0 Å². The second kappa shape index (κ2) is 2.81. The van der Waals surface area contributed by atoms with E-state index in [1.807, 2.05) is 6.92 Å². The first kappa shape index (κ1) is 8.53. The predicted molar refractivity (Wildman–Crippen MR) is 42.2 cm³/mol. The van der Waals surface area contributed by atoms with E-state index in [0.717, 1.165) is 19.3 Å². The van der Waals surface area contributed by atoms with Crippen LogP contribution in [-0.2, 0) is 4.79 Å². The van der Waals surface area contributed by atoms with E-state index in [9.17, 15) is 4.79 Å². The molecule has 11 heavy (non-hydrogen) atoms. The highest BCUT2D eigenvalue weighted by atomic mass is 16.4. The molecule has 1 unspecified atom stereocenters. The van der Waals surface area contributed by atoms with E-state index in [0.29, 0.717) is 6.42 Å². The summed E-state index contributed by atoms with van der Waals surface area (Å²) in [6.07, 6.45) is 3.45. The van der Waals surface area contributed by atoms with E-state index < -0.39 is 11.5 Å². The summed E-state index contributed by atoms with van der Waals surface area (Å²) in [4.78, 5) is 10.8. The largest absolute Gasteiger partial charge is 0.480 e. The number of carboxylic acid groups (broad SMARTS) is 1. The molecule has 2 atom stereocenters. The molecule has 3 heteroatoms. The van der Waals surface area contributed by atoms with Crippen molar-refractivity contribution in [3.8, 4) is 0 Å². The van der Waals surface area contributed by atoms with Crippen molar-refractivity contribution < 1.29 is 9.90 Å². The third kappa shape index (κ3) is 1.25. The van der Waals surface area contributed by atoms with Gasteiger partial charge in [-0.25, -0.2) is 0 Å². The average molecular weight is 157 g/mol. The maximum atomic E-state index is 10.8. The summed E-state index contributed by atoms with van der Waals surface area (Å²) in [6.45, 7) is 2.00. The minimum Gasteiger partial charge on any atom is -0.480 e. The standard InChI is InChI=1S/C8H15NO2/c1-2-6-4-3-5-8(6,9)7(10)11/h6H,2-5,9H2,1H3,(H,10,11)/t6?,8-/m0/s1. The van der Waals surface area contributed by atoms with E-state index in [1.165, 1.54) is 0 Å². The second-order valence-corrected chi connectivity index (χ2v) is 3.34. The van der Waals surface area contributed by atoms with Crippen molar-refractivity contribution in [2.24, 2.45) is 11.7 Å². The Kier molecular flexibility index (Phi) is 2.18. The molecule has 1 fully saturated rings. The second-order valence-electron chi connectivity index (χ2n) is 3.34. The first-order valence-corrected chi connectivity index (χ1v) is 4.13. The lowest BCUT2D eigenvalue weighted by molar-refractivity contribution is -0.144. The van der Waals surface area contributed by atoms with Crippen LogP contribution in [0.2, 0.25) is 0 Å². The number of carboxylic acids is 1. The lowest BCUT2D eigenvalue weighted by Gasteiger charge is -2.25. The summed E-state index contributed by atoms with van der Waals surface area (Å²) in [5, 5.41) is 8.85. The molecular weight excluding hydrogens is 142 g/mol. The van der Waals surface area contributed by atoms with Gasteiger partial charge in [0.05, 0.1) is 0 Å². The average Bonchev–Trinajstić information content (AvgIpc) is 2.32. The number of nitrogens with two attached hydrogens (primary N) is 1. The fourth-order valence-electron chi connectivity index (χ4n) is 1.95. The smallest absolute Gasteiger partial charge is 0.323 e. The third-order valence-electron chi connectivity index (χ3n) is 2.76. The molecule has 3 nitrogen and oxygen atoms in total. The highest BCUT2D eigenvalue weighted by Gasteiger charge is 2.44. The third-order valence-corrected chi connectivity index (χ3v) is 2.76. The monoisotopic (exact) mass is 157 g/mol. The molecule has 1 rings (SSSR count). The molecule has 1 aliphatic carbocycles. The van der Waals surface area contributed by atoms with Gasteiger partial charge in [-0.2, -0.15) is 0 Å². The lowest BCUT2D eigenvalue weighted by atomic mass is 9.86. The summed E-state index contributed by atoms with van der Waals surface area (Å²) in [7, 11) is 0. The summed E-state index contributed by atoms with van der Waals surface area (Å²) in [5.41, 5.74) is 4.84. The first-order valence-electron chi connectivity index (χ1n) is 4.13. The van der Waals surface area contributed by atoms with Gasteiger partial charge in [-0.05, 0) is 18.8 Å². The summed E-state index contributed by atoms with van der Waals surface area (Å²) in [6, 6.07) is 0. The molecule has 1 aliphatic rings. The SMILES string of the molecule is CCC1CCC[C@@]1(N)C(=O)O. The Morgan fingerprint density at radius 1 is 1.82 bits per heavy atom. The zero-order valence-corrected chi connectivity index (χ0v) is 6.84. The Hall–Kier alpha value is -0.570. The van der Waals surface area contributed by atoms with E-state index >= 15 is 0 Å². The van der Waals surface area contributed by atoms with E-state index in [1.54, 1.807) is 0 Å². The quantitative estimate of drug-likeness (QED) is 0.628. The Morgan fingerprint density at radius 2 is 2.45 bits per heavy atom. The van der Waals surface area contributed by atoms with Gasteiger partial charge in [0.15, 0.2) is 0 Å². The Labute approximate surface area is 66.6 Å². The number of hydrogen-bond donors (Lipinski definition) is 2. The number of rotatable bonds is 2. The molecule has 0 saturated heterocycles. The van der Waals surface area contributed by atoms with E-state index in [2.05, 4.69) is 0 Å². The molecule has 0 radical (unpaired) electrons. The summed E-state index contributed by atoms with van der Waals surface area (Å²) in [5.74, 6) is -0.651. The zero-order chi connectivity index (χ0) is 8.48. The van der Waals surface area contributed by atoms with Crippen molar-refractivity contribution >= 4 is 5.97 Å². The van der Waals surface area contributed by atoms with Gasteiger partial charge in [0.1, 0.15) is 5.54 Å². The van der Waals surface area contributed by atoms with E-state index in [4.69, 9.17) is 10.8 Å². The van der Waals surface area contributed by atoms with Crippen LogP contribution in [0.1, 0.15) is 32.6 Å². The molecule has 0 aliphatic heterocycles. The van der Waals surface area contributed by atoms with Crippen LogP contribution in [0.4, 0.5) is 0 Å². The zero-order valence-electron chi connectivity index (χ0n) is 6.84. The van der Waals surface area contributed by atoms with Gasteiger partial charge in [0.2, 0.25) is 0 Å². The molecule has 64 valence electrons. The van der Waals surface area contributed by atoms with Crippen molar-refractivity contribution in [3.63, 3.8) is 0 Å². The minimum atomic E-state index is -0.922. The van der Waals surface area contributed by atoms with Crippen molar-refractivity contribution in [3.05, 3.63) is 0 Å². The predicted octanol–water partition coefficient (Wildman–Crippen LogP) is 0.979. The highest BCUT2D eigenvalue weighted by molar-refractivity contribution is 5.79. The summed E-state index contributed by atoms with van der Waals surface area (Å²) >= 11 is 0. The van der Waals surface area contributed by atoms with Crippen molar-refractivity contribution in [1.82, 2.24) is 0 Å². The molecule has 0 amide bonds. The van der Waals surface area contributed by atoms with Gasteiger partial charge in [0, 0.05) is 0 Å². The maximum absolute atomic E-state index is 10.8. The molecule has 0 aromatic carbocycles. The summed E-state index contributed by atoms with van der Waals surface area (Å²) < 4.78 is 0. The molecule has 0 heterocycles. The van der Waals surface area contributed by atoms with Crippen molar-refractivity contribution in [2.45, 2.75) is 38.1 Å². The van der Waals surface area contributed by atoms with Crippen LogP contribution < -0.4 is 5.73 Å². The molecule has 3 N–H and O–H groups in total. The maximum Gasteiger partial charge on any atom is 0.323 e. The topological polar surface area (TPSA) is 63.3 Å². The number of hydrogen-bond acceptors (Lipinski definition) is 2. The van der Waals surface area contributed by atoms with Crippen LogP contribution in [0.25, 0.3) is 0 Å². The fraction of sp³-hybridized carbons (Fsp3) is 0.875. The van der Waals surface area contributed by atoms with Crippen LogP contribution in [0.15, 0.2) is 0 Å². The lowest BCUT2D eigenvalue weighted by Crippen LogP contribution is -2.50. The van der Waals surface area contributed by atoms with Crippen LogP contribution in [-0.4, -0.2) is 16.6 Å².